The fraction of sp³-hybridized carbons (Fsp3) is 0.200. The van der Waals surface area contributed by atoms with Crippen LogP contribution in [0.1, 0.15) is 29.3 Å². The minimum Gasteiger partial charge on any atom is -0.376 e. The van der Waals surface area contributed by atoms with Crippen molar-refractivity contribution in [2.24, 2.45) is 0 Å². The molecule has 0 fully saturated rings. The van der Waals surface area contributed by atoms with Gasteiger partial charge in [0.15, 0.2) is 11.4 Å². The zero-order valence-corrected chi connectivity index (χ0v) is 9.93. The van der Waals surface area contributed by atoms with E-state index in [0.717, 1.165) is 10.8 Å². The maximum absolute atomic E-state index is 12.3. The lowest BCUT2D eigenvalue weighted by Crippen LogP contribution is -2.33. The molecule has 0 radical (unpaired) electrons. The van der Waals surface area contributed by atoms with Crippen molar-refractivity contribution in [3.8, 4) is 0 Å². The summed E-state index contributed by atoms with van der Waals surface area (Å²) in [5, 5.41) is 12.3. The molecule has 3 rings (SSSR count). The van der Waals surface area contributed by atoms with Gasteiger partial charge in [0.05, 0.1) is 0 Å². The Bertz CT molecular complexity index is 682. The Morgan fingerprint density at radius 2 is 1.89 bits per heavy atom. The molecule has 1 N–H and O–H groups in total. The monoisotopic (exact) mass is 240 g/mol. The van der Waals surface area contributed by atoms with Crippen molar-refractivity contribution >= 4 is 22.3 Å². The number of Topliss-reactive ketones (excluding diaryl/α,β-unsaturated/α-hetero) is 2. The van der Waals surface area contributed by atoms with E-state index in [1.54, 1.807) is 24.3 Å². The molecule has 1 unspecified atom stereocenters. The van der Waals surface area contributed by atoms with Crippen LogP contribution in [0.4, 0.5) is 0 Å². The summed E-state index contributed by atoms with van der Waals surface area (Å²) >= 11 is 0. The van der Waals surface area contributed by atoms with Gasteiger partial charge in [0.2, 0.25) is 0 Å². The molecular weight excluding hydrogens is 228 g/mol. The molecule has 0 aromatic heterocycles. The van der Waals surface area contributed by atoms with Gasteiger partial charge in [-0.1, -0.05) is 36.4 Å². The molecule has 2 aromatic rings. The second-order valence-electron chi connectivity index (χ2n) is 4.78. The quantitative estimate of drug-likeness (QED) is 0.875. The molecule has 1 aliphatic carbocycles. The summed E-state index contributed by atoms with van der Waals surface area (Å²) in [4.78, 5) is 23.6. The second kappa shape index (κ2) is 3.50. The maximum atomic E-state index is 12.3. The van der Waals surface area contributed by atoms with Crippen molar-refractivity contribution in [3.05, 3.63) is 47.5 Å². The average Bonchev–Trinajstić information content (AvgIpc) is 2.54. The van der Waals surface area contributed by atoms with Crippen LogP contribution in [-0.4, -0.2) is 16.7 Å². The molecule has 0 spiro atoms. The fourth-order valence-corrected chi connectivity index (χ4v) is 2.76. The summed E-state index contributed by atoms with van der Waals surface area (Å²) in [5.41, 5.74) is -0.627. The Labute approximate surface area is 104 Å². The highest BCUT2D eigenvalue weighted by Crippen LogP contribution is 2.42. The van der Waals surface area contributed by atoms with Crippen molar-refractivity contribution in [2.75, 3.05) is 0 Å². The molecule has 0 saturated heterocycles. The third kappa shape index (κ3) is 1.28. The van der Waals surface area contributed by atoms with Crippen LogP contribution in [0, 0.1) is 0 Å². The smallest absolute Gasteiger partial charge is 0.200 e. The molecule has 1 atom stereocenters. The van der Waals surface area contributed by atoms with E-state index in [4.69, 9.17) is 0 Å². The van der Waals surface area contributed by atoms with Crippen LogP contribution in [0.15, 0.2) is 36.4 Å². The van der Waals surface area contributed by atoms with E-state index in [1.165, 1.54) is 6.92 Å². The van der Waals surface area contributed by atoms with Gasteiger partial charge in [-0.25, -0.2) is 0 Å². The summed E-state index contributed by atoms with van der Waals surface area (Å²) < 4.78 is 0. The summed E-state index contributed by atoms with van der Waals surface area (Å²) in [6.07, 6.45) is -0.167. The first kappa shape index (κ1) is 11.1. The van der Waals surface area contributed by atoms with Crippen LogP contribution < -0.4 is 0 Å². The van der Waals surface area contributed by atoms with E-state index in [1.807, 2.05) is 12.1 Å². The number of ketones is 2. The Morgan fingerprint density at radius 1 is 1.22 bits per heavy atom. The normalized spacial score (nSPS) is 21.6. The van der Waals surface area contributed by atoms with Gasteiger partial charge in [-0.05, 0) is 17.7 Å². The molecule has 3 nitrogen and oxygen atoms in total. The van der Waals surface area contributed by atoms with Gasteiger partial charge in [0.1, 0.15) is 5.78 Å². The van der Waals surface area contributed by atoms with Crippen molar-refractivity contribution in [1.29, 1.82) is 0 Å². The standard InChI is InChI=1S/C15H12O3/c1-9(16)8-15(18)12-7-3-5-10-4-2-6-11(13(10)12)14(15)17/h2-7,18H,8H2,1H3. The van der Waals surface area contributed by atoms with Crippen LogP contribution >= 0.6 is 0 Å². The fourth-order valence-electron chi connectivity index (χ4n) is 2.76. The van der Waals surface area contributed by atoms with Gasteiger partial charge in [0.25, 0.3) is 0 Å². The predicted octanol–water partition coefficient (Wildman–Crippen LogP) is 2.20. The van der Waals surface area contributed by atoms with Gasteiger partial charge >= 0.3 is 0 Å². The number of rotatable bonds is 2. The van der Waals surface area contributed by atoms with Gasteiger partial charge in [-0.15, -0.1) is 0 Å². The first-order chi connectivity index (χ1) is 8.54. The Kier molecular flexibility index (Phi) is 2.16. The van der Waals surface area contributed by atoms with E-state index < -0.39 is 5.60 Å². The van der Waals surface area contributed by atoms with Crippen LogP contribution in [-0.2, 0) is 10.4 Å². The second-order valence-corrected chi connectivity index (χ2v) is 4.78. The zero-order valence-electron chi connectivity index (χ0n) is 9.93. The van der Waals surface area contributed by atoms with E-state index in [-0.39, 0.29) is 18.0 Å². The number of benzene rings is 2. The van der Waals surface area contributed by atoms with Crippen molar-refractivity contribution in [1.82, 2.24) is 0 Å². The molecule has 18 heavy (non-hydrogen) atoms. The van der Waals surface area contributed by atoms with Crippen LogP contribution in [0.25, 0.3) is 10.8 Å². The van der Waals surface area contributed by atoms with E-state index in [0.29, 0.717) is 11.1 Å². The third-order valence-corrected chi connectivity index (χ3v) is 3.48. The van der Waals surface area contributed by atoms with E-state index in [2.05, 4.69) is 0 Å². The Morgan fingerprint density at radius 3 is 2.56 bits per heavy atom. The van der Waals surface area contributed by atoms with Gasteiger partial charge in [-0.3, -0.25) is 9.59 Å². The largest absolute Gasteiger partial charge is 0.376 e. The minimum atomic E-state index is -1.69. The summed E-state index contributed by atoms with van der Waals surface area (Å²) in [5.74, 6) is -0.569. The molecule has 0 saturated carbocycles. The lowest BCUT2D eigenvalue weighted by molar-refractivity contribution is -0.120. The van der Waals surface area contributed by atoms with Crippen molar-refractivity contribution in [3.63, 3.8) is 0 Å². The van der Waals surface area contributed by atoms with Crippen LogP contribution in [0.5, 0.6) is 0 Å². The number of hydrogen-bond acceptors (Lipinski definition) is 3. The molecule has 3 heteroatoms. The highest BCUT2D eigenvalue weighted by Gasteiger charge is 2.46. The minimum absolute atomic E-state index is 0.167. The maximum Gasteiger partial charge on any atom is 0.200 e. The number of hydrogen-bond donors (Lipinski definition) is 1. The topological polar surface area (TPSA) is 54.4 Å². The summed E-state index contributed by atoms with van der Waals surface area (Å²) in [6.45, 7) is 1.38. The first-order valence-corrected chi connectivity index (χ1v) is 5.83. The Balaban J connectivity index is 2.35. The van der Waals surface area contributed by atoms with Crippen LogP contribution in [0.2, 0.25) is 0 Å². The van der Waals surface area contributed by atoms with Gasteiger partial charge < -0.3 is 5.11 Å². The third-order valence-electron chi connectivity index (χ3n) is 3.48. The predicted molar refractivity (Wildman–Crippen MR) is 67.5 cm³/mol. The highest BCUT2D eigenvalue weighted by atomic mass is 16.3. The van der Waals surface area contributed by atoms with E-state index in [9.17, 15) is 14.7 Å². The number of carbonyl (C=O) groups excluding carboxylic acids is 2. The SMILES string of the molecule is CC(=O)CC1(O)C(=O)c2cccc3cccc1c23. The molecule has 1 aliphatic rings. The van der Waals surface area contributed by atoms with Crippen LogP contribution in [0.3, 0.4) is 0 Å². The van der Waals surface area contributed by atoms with Gasteiger partial charge in [0, 0.05) is 17.5 Å². The molecule has 0 aliphatic heterocycles. The molecule has 0 heterocycles. The molecule has 0 bridgehead atoms. The molecular formula is C15H12O3. The van der Waals surface area contributed by atoms with Crippen molar-refractivity contribution in [2.45, 2.75) is 18.9 Å². The zero-order chi connectivity index (χ0) is 12.9. The first-order valence-electron chi connectivity index (χ1n) is 5.83. The summed E-state index contributed by atoms with van der Waals surface area (Å²) in [7, 11) is 0. The van der Waals surface area contributed by atoms with Crippen molar-refractivity contribution < 1.29 is 14.7 Å². The molecule has 2 aromatic carbocycles. The van der Waals surface area contributed by atoms with E-state index >= 15 is 0 Å². The number of carbonyl (C=O) groups is 2. The Hall–Kier alpha value is -2.00. The molecule has 0 amide bonds. The highest BCUT2D eigenvalue weighted by molar-refractivity contribution is 6.20. The molecule has 90 valence electrons. The van der Waals surface area contributed by atoms with Gasteiger partial charge in [-0.2, -0.15) is 0 Å². The lowest BCUT2D eigenvalue weighted by atomic mass is 9.89. The summed E-state index contributed by atoms with van der Waals surface area (Å²) in [6, 6.07) is 10.8. The lowest BCUT2D eigenvalue weighted by Gasteiger charge is -2.20. The average molecular weight is 240 g/mol. The number of aliphatic hydroxyl groups is 1.